The van der Waals surface area contributed by atoms with Crippen LogP contribution in [0.5, 0.6) is 0 Å². The molecule has 6 heteroatoms. The first-order valence-electron chi connectivity index (χ1n) is 6.45. The molecule has 19 heavy (non-hydrogen) atoms. The SMILES string of the molecule is CC(C)NC(C)(C#N)CC(C)N(C)CCC(F)(F)F. The summed E-state index contributed by atoms with van der Waals surface area (Å²) in [6.07, 6.45) is -4.48. The van der Waals surface area contributed by atoms with Gasteiger partial charge >= 0.3 is 6.18 Å². The third-order valence-corrected chi connectivity index (χ3v) is 3.06. The number of halogens is 3. The van der Waals surface area contributed by atoms with E-state index in [1.807, 2.05) is 20.8 Å². The minimum Gasteiger partial charge on any atom is -0.303 e. The molecule has 0 aromatic heterocycles. The monoisotopic (exact) mass is 279 g/mol. The second kappa shape index (κ2) is 7.11. The molecule has 0 radical (unpaired) electrons. The van der Waals surface area contributed by atoms with E-state index in [9.17, 15) is 18.4 Å². The lowest BCUT2D eigenvalue weighted by molar-refractivity contribution is -0.138. The molecule has 0 aliphatic heterocycles. The normalized spacial score (nSPS) is 17.3. The van der Waals surface area contributed by atoms with Gasteiger partial charge in [0.05, 0.1) is 12.5 Å². The van der Waals surface area contributed by atoms with Crippen molar-refractivity contribution in [1.82, 2.24) is 10.2 Å². The molecular formula is C13H24F3N3. The van der Waals surface area contributed by atoms with Crippen LogP contribution in [0, 0.1) is 11.3 Å². The van der Waals surface area contributed by atoms with Crippen LogP contribution in [-0.2, 0) is 0 Å². The molecule has 2 unspecified atom stereocenters. The van der Waals surface area contributed by atoms with Crippen molar-refractivity contribution in [2.24, 2.45) is 0 Å². The van der Waals surface area contributed by atoms with Crippen LogP contribution in [0.15, 0.2) is 0 Å². The zero-order chi connectivity index (χ0) is 15.3. The second-order valence-corrected chi connectivity index (χ2v) is 5.64. The Balaban J connectivity index is 4.41. The fourth-order valence-corrected chi connectivity index (χ4v) is 2.04. The summed E-state index contributed by atoms with van der Waals surface area (Å²) in [5, 5.41) is 12.4. The molecule has 0 heterocycles. The summed E-state index contributed by atoms with van der Waals surface area (Å²) in [6, 6.07) is 2.26. The maximum absolute atomic E-state index is 12.2. The Bertz CT molecular complexity index is 309. The fourth-order valence-electron chi connectivity index (χ4n) is 2.04. The molecule has 0 rings (SSSR count). The molecule has 0 fully saturated rings. The number of nitriles is 1. The maximum Gasteiger partial charge on any atom is 0.390 e. The molecule has 0 saturated carbocycles. The van der Waals surface area contributed by atoms with E-state index in [2.05, 4.69) is 11.4 Å². The van der Waals surface area contributed by atoms with Crippen LogP contribution in [0.1, 0.15) is 40.5 Å². The van der Waals surface area contributed by atoms with Crippen LogP contribution in [0.2, 0.25) is 0 Å². The van der Waals surface area contributed by atoms with E-state index in [1.165, 1.54) is 0 Å². The molecule has 1 N–H and O–H groups in total. The van der Waals surface area contributed by atoms with Crippen molar-refractivity contribution >= 4 is 0 Å². The van der Waals surface area contributed by atoms with Crippen LogP contribution >= 0.6 is 0 Å². The van der Waals surface area contributed by atoms with Gasteiger partial charge < -0.3 is 4.90 Å². The van der Waals surface area contributed by atoms with Crippen molar-refractivity contribution < 1.29 is 13.2 Å². The zero-order valence-corrected chi connectivity index (χ0v) is 12.3. The van der Waals surface area contributed by atoms with E-state index in [4.69, 9.17) is 0 Å². The van der Waals surface area contributed by atoms with E-state index in [0.717, 1.165) is 0 Å². The van der Waals surface area contributed by atoms with Crippen molar-refractivity contribution in [3.63, 3.8) is 0 Å². The average Bonchev–Trinajstić information content (AvgIpc) is 2.23. The number of nitrogens with zero attached hydrogens (tertiary/aromatic N) is 2. The highest BCUT2D eigenvalue weighted by molar-refractivity contribution is 5.06. The van der Waals surface area contributed by atoms with Crippen LogP contribution in [0.25, 0.3) is 0 Å². The summed E-state index contributed by atoms with van der Waals surface area (Å²) in [7, 11) is 1.66. The number of rotatable bonds is 7. The van der Waals surface area contributed by atoms with E-state index in [-0.39, 0.29) is 18.6 Å². The largest absolute Gasteiger partial charge is 0.390 e. The smallest absolute Gasteiger partial charge is 0.303 e. The van der Waals surface area contributed by atoms with Gasteiger partial charge in [0.2, 0.25) is 0 Å². The number of nitrogens with one attached hydrogen (secondary N) is 1. The number of alkyl halides is 3. The van der Waals surface area contributed by atoms with Gasteiger partial charge in [-0.3, -0.25) is 5.32 Å². The fraction of sp³-hybridized carbons (Fsp3) is 0.923. The van der Waals surface area contributed by atoms with E-state index < -0.39 is 18.1 Å². The summed E-state index contributed by atoms with van der Waals surface area (Å²) < 4.78 is 36.5. The van der Waals surface area contributed by atoms with Crippen LogP contribution in [-0.4, -0.2) is 42.3 Å². The Morgan fingerprint density at radius 3 is 2.16 bits per heavy atom. The topological polar surface area (TPSA) is 39.1 Å². The Hall–Kier alpha value is -0.800. The lowest BCUT2D eigenvalue weighted by Gasteiger charge is -2.33. The minimum atomic E-state index is -4.14. The van der Waals surface area contributed by atoms with E-state index >= 15 is 0 Å². The molecule has 0 saturated heterocycles. The lowest BCUT2D eigenvalue weighted by Crippen LogP contribution is -2.49. The van der Waals surface area contributed by atoms with Gasteiger partial charge in [-0.1, -0.05) is 0 Å². The number of hydrogen-bond donors (Lipinski definition) is 1. The third kappa shape index (κ3) is 8.06. The van der Waals surface area contributed by atoms with Gasteiger partial charge in [-0.15, -0.1) is 0 Å². The van der Waals surface area contributed by atoms with Gasteiger partial charge in [-0.2, -0.15) is 18.4 Å². The van der Waals surface area contributed by atoms with Gasteiger partial charge in [0.1, 0.15) is 5.54 Å². The average molecular weight is 279 g/mol. The van der Waals surface area contributed by atoms with Gasteiger partial charge in [0.25, 0.3) is 0 Å². The summed E-state index contributed by atoms with van der Waals surface area (Å²) in [6.45, 7) is 7.45. The highest BCUT2D eigenvalue weighted by atomic mass is 19.4. The maximum atomic E-state index is 12.2. The van der Waals surface area contributed by atoms with Gasteiger partial charge in [0, 0.05) is 18.6 Å². The van der Waals surface area contributed by atoms with Gasteiger partial charge in [0.15, 0.2) is 0 Å². The first-order chi connectivity index (χ1) is 8.49. The summed E-state index contributed by atoms with van der Waals surface area (Å²) in [5.74, 6) is 0. The molecule has 0 aromatic carbocycles. The quantitative estimate of drug-likeness (QED) is 0.779. The Morgan fingerprint density at radius 1 is 1.26 bits per heavy atom. The highest BCUT2D eigenvalue weighted by Gasteiger charge is 2.31. The lowest BCUT2D eigenvalue weighted by atomic mass is 9.93. The van der Waals surface area contributed by atoms with Crippen LogP contribution < -0.4 is 5.32 Å². The summed E-state index contributed by atoms with van der Waals surface area (Å²) >= 11 is 0. The molecule has 0 aromatic rings. The molecule has 0 aliphatic carbocycles. The molecular weight excluding hydrogens is 255 g/mol. The predicted molar refractivity (Wildman–Crippen MR) is 69.7 cm³/mol. The second-order valence-electron chi connectivity index (χ2n) is 5.64. The van der Waals surface area contributed by atoms with Crippen molar-refractivity contribution in [3.8, 4) is 6.07 Å². The molecule has 0 bridgehead atoms. The predicted octanol–water partition coefficient (Wildman–Crippen LogP) is 2.93. The molecule has 0 amide bonds. The molecule has 2 atom stereocenters. The Labute approximate surface area is 113 Å². The molecule has 112 valence electrons. The third-order valence-electron chi connectivity index (χ3n) is 3.06. The van der Waals surface area contributed by atoms with E-state index in [1.54, 1.807) is 18.9 Å². The summed E-state index contributed by atoms with van der Waals surface area (Å²) in [5.41, 5.74) is -0.722. The first-order valence-corrected chi connectivity index (χ1v) is 6.45. The first kappa shape index (κ1) is 18.2. The van der Waals surface area contributed by atoms with Crippen molar-refractivity contribution in [1.29, 1.82) is 5.26 Å². The molecule has 3 nitrogen and oxygen atoms in total. The standard InChI is InChI=1S/C13H24F3N3/c1-10(2)18-12(4,9-17)8-11(3)19(5)7-6-13(14,15)16/h10-11,18H,6-8H2,1-5H3. The highest BCUT2D eigenvalue weighted by Crippen LogP contribution is 2.21. The van der Waals surface area contributed by atoms with Crippen molar-refractivity contribution in [3.05, 3.63) is 0 Å². The van der Waals surface area contributed by atoms with E-state index in [0.29, 0.717) is 6.42 Å². The van der Waals surface area contributed by atoms with Crippen molar-refractivity contribution in [2.45, 2.75) is 64.3 Å². The Kier molecular flexibility index (Phi) is 6.81. The summed E-state index contributed by atoms with van der Waals surface area (Å²) in [4.78, 5) is 1.64. The molecule has 0 spiro atoms. The Morgan fingerprint density at radius 2 is 1.79 bits per heavy atom. The molecule has 0 aliphatic rings. The van der Waals surface area contributed by atoms with Crippen molar-refractivity contribution in [2.75, 3.05) is 13.6 Å². The van der Waals surface area contributed by atoms with Gasteiger partial charge in [-0.25, -0.2) is 0 Å². The van der Waals surface area contributed by atoms with Crippen LogP contribution in [0.3, 0.4) is 0 Å². The van der Waals surface area contributed by atoms with Crippen LogP contribution in [0.4, 0.5) is 13.2 Å². The van der Waals surface area contributed by atoms with Gasteiger partial charge in [-0.05, 0) is 41.2 Å². The minimum absolute atomic E-state index is 0.0478. The zero-order valence-electron chi connectivity index (χ0n) is 12.3. The number of hydrogen-bond acceptors (Lipinski definition) is 3.